The predicted octanol–water partition coefficient (Wildman–Crippen LogP) is 5.94. The monoisotopic (exact) mass is 580 g/mol. The highest BCUT2D eigenvalue weighted by atomic mass is 79.9. The van der Waals surface area contributed by atoms with Gasteiger partial charge in [-0.25, -0.2) is 3.93 Å². The third-order valence-electron chi connectivity index (χ3n) is 5.52. The van der Waals surface area contributed by atoms with Crippen molar-refractivity contribution in [3.8, 4) is 0 Å². The van der Waals surface area contributed by atoms with Crippen LogP contribution in [0.25, 0.3) is 0 Å². The molecule has 0 saturated heterocycles. The van der Waals surface area contributed by atoms with Crippen molar-refractivity contribution >= 4 is 38.3 Å². The zero-order valence-electron chi connectivity index (χ0n) is 17.9. The molecule has 1 N–H and O–H groups in total. The van der Waals surface area contributed by atoms with Gasteiger partial charge in [0.2, 0.25) is 0 Å². The van der Waals surface area contributed by atoms with E-state index in [9.17, 15) is 18.0 Å². The normalized spacial score (nSPS) is 23.5. The molecular formula is C22H25Br2F3N2O3. The summed E-state index contributed by atoms with van der Waals surface area (Å²) in [4.78, 5) is 17.7. The second-order valence-corrected chi connectivity index (χ2v) is 10.1. The standard InChI is InChI=1S/C22H25Br2F3N2O3/c1-21(2,3)29(23)16-7-6-13-4-5-14(10-15(13)11-16)20(30)28-32-17-8-9-19(31-24)18(12-17)22(25,26)27/h4-5,8-10,12,16,18-19H,6-7,11H2,1-3H3,(H,28,30)/t16-,18?,19?/m0/s1. The van der Waals surface area contributed by atoms with Crippen LogP contribution in [-0.2, 0) is 21.5 Å². The maximum absolute atomic E-state index is 13.2. The highest BCUT2D eigenvalue weighted by Gasteiger charge is 2.45. The Morgan fingerprint density at radius 3 is 2.56 bits per heavy atom. The average molecular weight is 582 g/mol. The minimum absolute atomic E-state index is 0.0423. The Balaban J connectivity index is 1.67. The second-order valence-electron chi connectivity index (χ2n) is 8.94. The lowest BCUT2D eigenvalue weighted by Crippen LogP contribution is -2.43. The molecule has 0 heterocycles. The topological polar surface area (TPSA) is 50.8 Å². The van der Waals surface area contributed by atoms with Crippen molar-refractivity contribution in [1.29, 1.82) is 0 Å². The summed E-state index contributed by atoms with van der Waals surface area (Å²) in [6.07, 6.45) is 0.378. The molecule has 0 spiro atoms. The smallest absolute Gasteiger partial charge is 0.380 e. The molecule has 0 fully saturated rings. The van der Waals surface area contributed by atoms with Crippen molar-refractivity contribution in [2.75, 3.05) is 0 Å². The summed E-state index contributed by atoms with van der Waals surface area (Å²) in [5.41, 5.74) is 4.86. The minimum Gasteiger partial charge on any atom is -0.380 e. The zero-order valence-corrected chi connectivity index (χ0v) is 21.1. The summed E-state index contributed by atoms with van der Waals surface area (Å²) < 4.78 is 46.5. The summed E-state index contributed by atoms with van der Waals surface area (Å²) in [6.45, 7) is 6.38. The van der Waals surface area contributed by atoms with Gasteiger partial charge >= 0.3 is 6.18 Å². The molecule has 2 aliphatic rings. The number of halogens is 5. The molecule has 10 heteroatoms. The maximum Gasteiger partial charge on any atom is 0.398 e. The predicted molar refractivity (Wildman–Crippen MR) is 122 cm³/mol. The molecule has 0 bridgehead atoms. The lowest BCUT2D eigenvalue weighted by Gasteiger charge is -2.39. The third kappa shape index (κ3) is 5.95. The van der Waals surface area contributed by atoms with Crippen LogP contribution in [0.1, 0.15) is 48.7 Å². The van der Waals surface area contributed by atoms with Crippen LogP contribution in [0, 0.1) is 5.92 Å². The van der Waals surface area contributed by atoms with E-state index < -0.39 is 24.1 Å². The Kier molecular flexibility index (Phi) is 7.79. The molecule has 1 amide bonds. The number of benzene rings is 1. The highest BCUT2D eigenvalue weighted by Crippen LogP contribution is 2.36. The number of hydrogen-bond donors (Lipinski definition) is 1. The lowest BCUT2D eigenvalue weighted by atomic mass is 9.86. The van der Waals surface area contributed by atoms with E-state index in [0.29, 0.717) is 11.6 Å². The number of alkyl halides is 3. The van der Waals surface area contributed by atoms with E-state index in [2.05, 4.69) is 66.4 Å². The number of fused-ring (bicyclic) bond motifs is 1. The molecule has 0 saturated carbocycles. The van der Waals surface area contributed by atoms with Crippen LogP contribution in [0.4, 0.5) is 13.2 Å². The molecule has 2 unspecified atom stereocenters. The van der Waals surface area contributed by atoms with E-state index >= 15 is 0 Å². The largest absolute Gasteiger partial charge is 0.398 e. The number of hydroxylamine groups is 1. The first kappa shape index (κ1) is 25.3. The van der Waals surface area contributed by atoms with Crippen molar-refractivity contribution < 1.29 is 26.6 Å². The van der Waals surface area contributed by atoms with Crippen molar-refractivity contribution in [2.45, 2.75) is 63.9 Å². The first-order valence-corrected chi connectivity index (χ1v) is 11.5. The van der Waals surface area contributed by atoms with Gasteiger partial charge in [0, 0.05) is 33.3 Å². The van der Waals surface area contributed by atoms with Crippen LogP contribution in [0.5, 0.6) is 0 Å². The number of allylic oxidation sites excluding steroid dienone is 1. The van der Waals surface area contributed by atoms with Gasteiger partial charge in [-0.1, -0.05) is 6.07 Å². The molecule has 3 atom stereocenters. The molecule has 2 aliphatic carbocycles. The molecular weight excluding hydrogens is 557 g/mol. The van der Waals surface area contributed by atoms with Gasteiger partial charge < -0.3 is 4.84 Å². The molecule has 3 rings (SSSR count). The molecule has 0 aromatic heterocycles. The number of carbonyl (C=O) groups excluding carboxylic acids is 1. The number of hydrogen-bond acceptors (Lipinski definition) is 4. The SMILES string of the molecule is CC(C)(C)N(Br)[C@H]1CCc2ccc(C(=O)NOC3=CC(C(F)(F)F)C(OBr)C=C3)cc2C1. The number of carbonyl (C=O) groups is 1. The molecule has 0 radical (unpaired) electrons. The average Bonchev–Trinajstić information content (AvgIpc) is 2.74. The van der Waals surface area contributed by atoms with E-state index in [1.165, 1.54) is 17.7 Å². The number of amides is 1. The summed E-state index contributed by atoms with van der Waals surface area (Å²) in [5, 5.41) is 0. The molecule has 1 aromatic carbocycles. The van der Waals surface area contributed by atoms with Gasteiger partial charge in [-0.15, -0.1) is 0 Å². The van der Waals surface area contributed by atoms with E-state index in [1.807, 2.05) is 12.1 Å². The fourth-order valence-electron chi connectivity index (χ4n) is 3.86. The first-order chi connectivity index (χ1) is 14.9. The van der Waals surface area contributed by atoms with Crippen molar-refractivity contribution in [2.24, 2.45) is 5.92 Å². The molecule has 32 heavy (non-hydrogen) atoms. The summed E-state index contributed by atoms with van der Waals surface area (Å²) >= 11 is 6.30. The van der Waals surface area contributed by atoms with Crippen molar-refractivity contribution in [3.63, 3.8) is 0 Å². The summed E-state index contributed by atoms with van der Waals surface area (Å²) in [7, 11) is 0. The van der Waals surface area contributed by atoms with Crippen LogP contribution in [-0.4, -0.2) is 33.7 Å². The zero-order chi connectivity index (χ0) is 23.7. The van der Waals surface area contributed by atoms with E-state index in [4.69, 9.17) is 4.84 Å². The van der Waals surface area contributed by atoms with Crippen molar-refractivity contribution in [1.82, 2.24) is 9.41 Å². The van der Waals surface area contributed by atoms with Gasteiger partial charge in [-0.05, 0) is 81.5 Å². The van der Waals surface area contributed by atoms with E-state index in [-0.39, 0.29) is 11.3 Å². The summed E-state index contributed by atoms with van der Waals surface area (Å²) in [6, 6.07) is 5.74. The van der Waals surface area contributed by atoms with Crippen LogP contribution >= 0.6 is 32.4 Å². The number of aryl methyl sites for hydroxylation is 1. The van der Waals surface area contributed by atoms with Crippen molar-refractivity contribution in [3.05, 3.63) is 58.9 Å². The fourth-order valence-corrected chi connectivity index (χ4v) is 4.56. The Morgan fingerprint density at radius 2 is 1.94 bits per heavy atom. The maximum atomic E-state index is 13.2. The number of nitrogens with zero attached hydrogens (tertiary/aromatic N) is 1. The van der Waals surface area contributed by atoms with Gasteiger partial charge in [0.25, 0.3) is 5.91 Å². The number of rotatable bonds is 5. The van der Waals surface area contributed by atoms with E-state index in [1.54, 1.807) is 6.07 Å². The van der Waals surface area contributed by atoms with Crippen LogP contribution < -0.4 is 5.48 Å². The van der Waals surface area contributed by atoms with E-state index in [0.717, 1.165) is 30.9 Å². The second kappa shape index (κ2) is 9.87. The summed E-state index contributed by atoms with van der Waals surface area (Å²) in [5.74, 6) is -2.53. The Bertz CT molecular complexity index is 913. The molecule has 1 aromatic rings. The van der Waals surface area contributed by atoms with Gasteiger partial charge in [-0.3, -0.25) is 8.62 Å². The Hall–Kier alpha value is -1.36. The van der Waals surface area contributed by atoms with Gasteiger partial charge in [0.15, 0.2) is 5.76 Å². The van der Waals surface area contributed by atoms with Gasteiger partial charge in [-0.2, -0.15) is 18.7 Å². The van der Waals surface area contributed by atoms with Crippen LogP contribution in [0.3, 0.4) is 0 Å². The molecule has 176 valence electrons. The quantitative estimate of drug-likeness (QED) is 0.345. The van der Waals surface area contributed by atoms with Crippen LogP contribution in [0.15, 0.2) is 42.2 Å². The first-order valence-electron chi connectivity index (χ1n) is 10.2. The Morgan fingerprint density at radius 1 is 1.22 bits per heavy atom. The van der Waals surface area contributed by atoms with Gasteiger partial charge in [0.05, 0.1) is 16.3 Å². The molecule has 0 aliphatic heterocycles. The lowest BCUT2D eigenvalue weighted by molar-refractivity contribution is -0.175. The minimum atomic E-state index is -4.52. The third-order valence-corrected chi connectivity index (χ3v) is 7.60. The molecule has 5 nitrogen and oxygen atoms in total. The highest BCUT2D eigenvalue weighted by molar-refractivity contribution is 9.07. The Labute approximate surface area is 202 Å². The fraction of sp³-hybridized carbons (Fsp3) is 0.500. The van der Waals surface area contributed by atoms with Gasteiger partial charge in [0.1, 0.15) is 12.0 Å². The van der Waals surface area contributed by atoms with Crippen LogP contribution in [0.2, 0.25) is 0 Å². The number of nitrogens with one attached hydrogen (secondary N) is 1.